The van der Waals surface area contributed by atoms with Crippen LogP contribution in [0.25, 0.3) is 0 Å². The molecule has 1 N–H and O–H groups in total. The van der Waals surface area contributed by atoms with E-state index in [0.717, 1.165) is 25.6 Å². The van der Waals surface area contributed by atoms with Gasteiger partial charge in [0, 0.05) is 25.5 Å². The molecule has 3 heteroatoms. The number of imidazole rings is 1. The van der Waals surface area contributed by atoms with Crippen LogP contribution in [0.2, 0.25) is 0 Å². The summed E-state index contributed by atoms with van der Waals surface area (Å²) in [6, 6.07) is 8.89. The van der Waals surface area contributed by atoms with Crippen LogP contribution in [-0.2, 0) is 13.1 Å². The third kappa shape index (κ3) is 3.70. The fraction of sp³-hybridized carbons (Fsp3) is 0.471. The molecule has 0 aliphatic heterocycles. The molecule has 0 bridgehead atoms. The van der Waals surface area contributed by atoms with Gasteiger partial charge in [-0.1, -0.05) is 24.3 Å². The van der Waals surface area contributed by atoms with E-state index in [1.165, 1.54) is 31.2 Å². The number of aryl methyl sites for hydroxylation is 1. The lowest BCUT2D eigenvalue weighted by Crippen LogP contribution is -2.16. The maximum atomic E-state index is 4.06. The second-order valence-corrected chi connectivity index (χ2v) is 5.66. The number of unbranched alkanes of at least 4 members (excludes halogenated alkanes) is 1. The molecule has 1 saturated carbocycles. The van der Waals surface area contributed by atoms with E-state index in [9.17, 15) is 0 Å². The number of nitrogens with one attached hydrogen (secondary N) is 1. The molecule has 106 valence electrons. The van der Waals surface area contributed by atoms with Crippen molar-refractivity contribution in [2.75, 3.05) is 6.54 Å². The average Bonchev–Trinajstić information content (AvgIpc) is 3.20. The summed E-state index contributed by atoms with van der Waals surface area (Å²) in [6.07, 6.45) is 10.9. The van der Waals surface area contributed by atoms with Gasteiger partial charge >= 0.3 is 0 Å². The molecule has 0 amide bonds. The second-order valence-electron chi connectivity index (χ2n) is 5.66. The van der Waals surface area contributed by atoms with Crippen LogP contribution in [0, 0.1) is 0 Å². The van der Waals surface area contributed by atoms with E-state index in [4.69, 9.17) is 0 Å². The maximum Gasteiger partial charge on any atom is 0.0945 e. The Kier molecular flexibility index (Phi) is 4.49. The highest BCUT2D eigenvalue weighted by atomic mass is 15.0. The molecular formula is C17H23N3. The van der Waals surface area contributed by atoms with Gasteiger partial charge in [-0.3, -0.25) is 0 Å². The van der Waals surface area contributed by atoms with Gasteiger partial charge in [0.15, 0.2) is 0 Å². The van der Waals surface area contributed by atoms with Crippen LogP contribution in [0.3, 0.4) is 0 Å². The minimum atomic E-state index is 0.842. The Labute approximate surface area is 121 Å². The molecule has 1 aliphatic rings. The lowest BCUT2D eigenvalue weighted by Gasteiger charge is -2.10. The standard InChI is InChI=1S/C17H23N3/c1-2-6-17(15-7-8-15)16(5-1)13-18-9-3-4-11-20-12-10-19-14-20/h1-2,5-6,10,12,14-15,18H,3-4,7-9,11,13H2. The maximum absolute atomic E-state index is 4.06. The van der Waals surface area contributed by atoms with Crippen LogP contribution in [-0.4, -0.2) is 16.1 Å². The SMILES string of the molecule is c1ccc(C2CC2)c(CNCCCCn2ccnc2)c1. The van der Waals surface area contributed by atoms with Crippen molar-refractivity contribution in [3.63, 3.8) is 0 Å². The predicted molar refractivity (Wildman–Crippen MR) is 81.6 cm³/mol. The topological polar surface area (TPSA) is 29.9 Å². The van der Waals surface area contributed by atoms with Gasteiger partial charge in [-0.05, 0) is 49.3 Å². The first-order valence-electron chi connectivity index (χ1n) is 7.68. The zero-order valence-corrected chi connectivity index (χ0v) is 12.0. The van der Waals surface area contributed by atoms with Crippen LogP contribution in [0.4, 0.5) is 0 Å². The van der Waals surface area contributed by atoms with Crippen LogP contribution in [0.15, 0.2) is 43.0 Å². The van der Waals surface area contributed by atoms with Gasteiger partial charge in [-0.15, -0.1) is 0 Å². The average molecular weight is 269 g/mol. The Morgan fingerprint density at radius 3 is 2.90 bits per heavy atom. The van der Waals surface area contributed by atoms with Crippen LogP contribution >= 0.6 is 0 Å². The molecule has 1 heterocycles. The summed E-state index contributed by atoms with van der Waals surface area (Å²) in [5, 5.41) is 3.58. The largest absolute Gasteiger partial charge is 0.337 e. The summed E-state index contributed by atoms with van der Waals surface area (Å²) in [6.45, 7) is 3.17. The van der Waals surface area contributed by atoms with E-state index in [1.54, 1.807) is 5.56 Å². The van der Waals surface area contributed by atoms with Crippen molar-refractivity contribution in [2.45, 2.75) is 44.7 Å². The van der Waals surface area contributed by atoms with Crippen molar-refractivity contribution in [1.82, 2.24) is 14.9 Å². The predicted octanol–water partition coefficient (Wildman–Crippen LogP) is 3.33. The number of hydrogen-bond acceptors (Lipinski definition) is 2. The first-order chi connectivity index (χ1) is 9.93. The molecule has 1 aromatic carbocycles. The highest BCUT2D eigenvalue weighted by Gasteiger charge is 2.25. The molecule has 0 spiro atoms. The molecule has 0 atom stereocenters. The second kappa shape index (κ2) is 6.71. The number of rotatable bonds is 8. The van der Waals surface area contributed by atoms with Crippen LogP contribution < -0.4 is 5.32 Å². The Bertz CT molecular complexity index is 515. The molecule has 3 rings (SSSR count). The van der Waals surface area contributed by atoms with Crippen molar-refractivity contribution in [3.8, 4) is 0 Å². The normalized spacial score (nSPS) is 14.6. The molecule has 0 radical (unpaired) electrons. The quantitative estimate of drug-likeness (QED) is 0.745. The minimum Gasteiger partial charge on any atom is -0.337 e. The summed E-state index contributed by atoms with van der Waals surface area (Å²) in [5.74, 6) is 0.842. The van der Waals surface area contributed by atoms with E-state index in [1.807, 2.05) is 18.7 Å². The summed E-state index contributed by atoms with van der Waals surface area (Å²) in [7, 11) is 0. The van der Waals surface area contributed by atoms with Gasteiger partial charge in [0.25, 0.3) is 0 Å². The third-order valence-corrected chi connectivity index (χ3v) is 3.97. The number of aromatic nitrogens is 2. The van der Waals surface area contributed by atoms with Crippen molar-refractivity contribution in [1.29, 1.82) is 0 Å². The third-order valence-electron chi connectivity index (χ3n) is 3.97. The fourth-order valence-electron chi connectivity index (χ4n) is 2.67. The van der Waals surface area contributed by atoms with E-state index in [2.05, 4.69) is 39.1 Å². The number of hydrogen-bond donors (Lipinski definition) is 1. The fourth-order valence-corrected chi connectivity index (χ4v) is 2.67. The van der Waals surface area contributed by atoms with Gasteiger partial charge in [-0.2, -0.15) is 0 Å². The highest BCUT2D eigenvalue weighted by Crippen LogP contribution is 2.41. The Hall–Kier alpha value is -1.61. The molecule has 0 saturated heterocycles. The molecule has 1 aliphatic carbocycles. The van der Waals surface area contributed by atoms with Gasteiger partial charge in [0.05, 0.1) is 6.33 Å². The summed E-state index contributed by atoms with van der Waals surface area (Å²) < 4.78 is 2.14. The molecule has 0 unspecified atom stereocenters. The van der Waals surface area contributed by atoms with Crippen LogP contribution in [0.5, 0.6) is 0 Å². The van der Waals surface area contributed by atoms with Crippen LogP contribution in [0.1, 0.15) is 42.7 Å². The monoisotopic (exact) mass is 269 g/mol. The van der Waals surface area contributed by atoms with E-state index >= 15 is 0 Å². The van der Waals surface area contributed by atoms with Crippen molar-refractivity contribution < 1.29 is 0 Å². The summed E-state index contributed by atoms with van der Waals surface area (Å²) >= 11 is 0. The minimum absolute atomic E-state index is 0.842. The summed E-state index contributed by atoms with van der Waals surface area (Å²) in [4.78, 5) is 4.06. The van der Waals surface area contributed by atoms with Crippen molar-refractivity contribution in [2.24, 2.45) is 0 Å². The lowest BCUT2D eigenvalue weighted by molar-refractivity contribution is 0.567. The Balaban J connectivity index is 1.35. The van der Waals surface area contributed by atoms with Gasteiger partial charge < -0.3 is 9.88 Å². The zero-order chi connectivity index (χ0) is 13.6. The first-order valence-corrected chi connectivity index (χ1v) is 7.68. The van der Waals surface area contributed by atoms with Gasteiger partial charge in [0.2, 0.25) is 0 Å². The Morgan fingerprint density at radius 2 is 2.10 bits per heavy atom. The van der Waals surface area contributed by atoms with Gasteiger partial charge in [0.1, 0.15) is 0 Å². The number of benzene rings is 1. The van der Waals surface area contributed by atoms with Crippen molar-refractivity contribution in [3.05, 3.63) is 54.1 Å². The lowest BCUT2D eigenvalue weighted by atomic mass is 10.0. The summed E-state index contributed by atoms with van der Waals surface area (Å²) in [5.41, 5.74) is 3.06. The smallest absolute Gasteiger partial charge is 0.0945 e. The molecule has 1 aromatic heterocycles. The first kappa shape index (κ1) is 13.4. The van der Waals surface area contributed by atoms with E-state index in [0.29, 0.717) is 0 Å². The molecule has 2 aromatic rings. The van der Waals surface area contributed by atoms with E-state index < -0.39 is 0 Å². The Morgan fingerprint density at radius 1 is 1.20 bits per heavy atom. The molecule has 20 heavy (non-hydrogen) atoms. The molecule has 1 fully saturated rings. The molecular weight excluding hydrogens is 246 g/mol. The van der Waals surface area contributed by atoms with Gasteiger partial charge in [-0.25, -0.2) is 4.98 Å². The molecule has 3 nitrogen and oxygen atoms in total. The van der Waals surface area contributed by atoms with Crippen molar-refractivity contribution >= 4 is 0 Å². The zero-order valence-electron chi connectivity index (χ0n) is 12.0. The highest BCUT2D eigenvalue weighted by molar-refractivity contribution is 5.33. The number of nitrogens with zero attached hydrogens (tertiary/aromatic N) is 2. The van der Waals surface area contributed by atoms with E-state index in [-0.39, 0.29) is 0 Å².